The molecule has 1 aliphatic rings. The van der Waals surface area contributed by atoms with Crippen LogP contribution in [0, 0.1) is 0 Å². The zero-order valence-corrected chi connectivity index (χ0v) is 13.8. The van der Waals surface area contributed by atoms with E-state index in [1.807, 2.05) is 11.4 Å². The minimum Gasteiger partial charge on any atom is -0.347 e. The molecule has 1 aliphatic carbocycles. The fourth-order valence-corrected chi connectivity index (χ4v) is 3.87. The molecule has 1 fully saturated rings. The van der Waals surface area contributed by atoms with Crippen LogP contribution in [0.3, 0.4) is 0 Å². The SMILES string of the molecule is CS(=O)(=O)c1ccc(CNC(=O)c2sccc2C2CC2)cc1. The van der Waals surface area contributed by atoms with Crippen molar-refractivity contribution in [2.45, 2.75) is 30.2 Å². The average Bonchev–Trinajstić information content (AvgIpc) is 3.21. The third-order valence-electron chi connectivity index (χ3n) is 3.72. The molecule has 0 aliphatic heterocycles. The Balaban J connectivity index is 1.64. The highest BCUT2D eigenvalue weighted by Gasteiger charge is 2.28. The first kappa shape index (κ1) is 15.2. The second-order valence-corrected chi connectivity index (χ2v) is 8.51. The minimum absolute atomic E-state index is 0.0518. The monoisotopic (exact) mass is 335 g/mol. The Morgan fingerprint density at radius 3 is 2.50 bits per heavy atom. The van der Waals surface area contributed by atoms with Gasteiger partial charge in [0.1, 0.15) is 0 Å². The Morgan fingerprint density at radius 2 is 1.91 bits per heavy atom. The summed E-state index contributed by atoms with van der Waals surface area (Å²) >= 11 is 1.48. The summed E-state index contributed by atoms with van der Waals surface area (Å²) in [5, 5.41) is 4.87. The molecule has 3 rings (SSSR count). The largest absolute Gasteiger partial charge is 0.347 e. The minimum atomic E-state index is -3.18. The number of amides is 1. The number of carbonyl (C=O) groups excluding carboxylic acids is 1. The van der Waals surface area contributed by atoms with Crippen LogP contribution in [0.1, 0.15) is 39.6 Å². The Bertz CT molecular complexity index is 787. The molecule has 0 unspecified atom stereocenters. The predicted octanol–water partition coefficient (Wildman–Crippen LogP) is 2.96. The summed E-state index contributed by atoms with van der Waals surface area (Å²) in [4.78, 5) is 13.4. The number of benzene rings is 1. The number of rotatable bonds is 5. The second kappa shape index (κ2) is 5.85. The van der Waals surface area contributed by atoms with Gasteiger partial charge in [0.2, 0.25) is 0 Å². The highest BCUT2D eigenvalue weighted by atomic mass is 32.2. The quantitative estimate of drug-likeness (QED) is 0.914. The number of thiophene rings is 1. The van der Waals surface area contributed by atoms with Crippen molar-refractivity contribution >= 4 is 27.1 Å². The number of hydrogen-bond donors (Lipinski definition) is 1. The van der Waals surface area contributed by atoms with Crippen molar-refractivity contribution in [3.63, 3.8) is 0 Å². The van der Waals surface area contributed by atoms with Gasteiger partial charge in [0.05, 0.1) is 9.77 Å². The van der Waals surface area contributed by atoms with Crippen LogP contribution < -0.4 is 5.32 Å². The third-order valence-corrected chi connectivity index (χ3v) is 5.78. The van der Waals surface area contributed by atoms with Crippen LogP contribution in [0.5, 0.6) is 0 Å². The highest BCUT2D eigenvalue weighted by Crippen LogP contribution is 2.43. The van der Waals surface area contributed by atoms with Gasteiger partial charge < -0.3 is 5.32 Å². The molecule has 2 aromatic rings. The van der Waals surface area contributed by atoms with Crippen molar-refractivity contribution in [1.29, 1.82) is 0 Å². The van der Waals surface area contributed by atoms with E-state index in [-0.39, 0.29) is 10.8 Å². The molecule has 1 saturated carbocycles. The average molecular weight is 335 g/mol. The van der Waals surface area contributed by atoms with E-state index in [9.17, 15) is 13.2 Å². The number of sulfone groups is 1. The topological polar surface area (TPSA) is 63.2 Å². The molecule has 116 valence electrons. The lowest BCUT2D eigenvalue weighted by Crippen LogP contribution is -2.22. The summed E-state index contributed by atoms with van der Waals surface area (Å²) in [6.45, 7) is 0.394. The number of hydrogen-bond acceptors (Lipinski definition) is 4. The molecule has 0 saturated heterocycles. The summed E-state index contributed by atoms with van der Waals surface area (Å²) in [6.07, 6.45) is 3.52. The zero-order chi connectivity index (χ0) is 15.7. The first-order valence-corrected chi connectivity index (χ1v) is 9.87. The maximum Gasteiger partial charge on any atom is 0.261 e. The number of nitrogens with one attached hydrogen (secondary N) is 1. The normalized spacial score (nSPS) is 14.8. The molecule has 6 heteroatoms. The molecule has 0 atom stereocenters. The van der Waals surface area contributed by atoms with Crippen LogP contribution in [-0.4, -0.2) is 20.6 Å². The Labute approximate surface area is 134 Å². The first-order valence-electron chi connectivity index (χ1n) is 7.10. The van der Waals surface area contributed by atoms with Gasteiger partial charge in [-0.1, -0.05) is 12.1 Å². The summed E-state index contributed by atoms with van der Waals surface area (Å²) < 4.78 is 22.8. The van der Waals surface area contributed by atoms with Crippen LogP contribution in [0.15, 0.2) is 40.6 Å². The molecular formula is C16H17NO3S2. The van der Waals surface area contributed by atoms with Crippen molar-refractivity contribution in [3.8, 4) is 0 Å². The summed E-state index contributed by atoms with van der Waals surface area (Å²) in [5.41, 5.74) is 2.04. The van der Waals surface area contributed by atoms with E-state index < -0.39 is 9.84 Å². The van der Waals surface area contributed by atoms with E-state index in [0.29, 0.717) is 12.5 Å². The standard InChI is InChI=1S/C16H17NO3S2/c1-22(19,20)13-6-2-11(3-7-13)10-17-16(18)15-14(8-9-21-15)12-4-5-12/h2-3,6-9,12H,4-5,10H2,1H3,(H,17,18). The van der Waals surface area contributed by atoms with Crippen LogP contribution >= 0.6 is 11.3 Å². The van der Waals surface area contributed by atoms with Gasteiger partial charge in [-0.25, -0.2) is 8.42 Å². The Hall–Kier alpha value is -1.66. The van der Waals surface area contributed by atoms with Gasteiger partial charge in [0.25, 0.3) is 5.91 Å². The molecule has 22 heavy (non-hydrogen) atoms. The molecule has 1 aromatic heterocycles. The van der Waals surface area contributed by atoms with E-state index in [1.165, 1.54) is 30.4 Å². The van der Waals surface area contributed by atoms with Gasteiger partial charge in [-0.2, -0.15) is 0 Å². The van der Waals surface area contributed by atoms with Crippen LogP contribution in [-0.2, 0) is 16.4 Å². The van der Waals surface area contributed by atoms with Crippen molar-refractivity contribution in [2.24, 2.45) is 0 Å². The second-order valence-electron chi connectivity index (χ2n) is 5.58. The maximum atomic E-state index is 12.3. The number of carbonyl (C=O) groups is 1. The van der Waals surface area contributed by atoms with Crippen molar-refractivity contribution in [1.82, 2.24) is 5.32 Å². The molecule has 1 heterocycles. The summed E-state index contributed by atoms with van der Waals surface area (Å²) in [7, 11) is -3.18. The van der Waals surface area contributed by atoms with Crippen LogP contribution in [0.2, 0.25) is 0 Å². The zero-order valence-electron chi connectivity index (χ0n) is 12.2. The van der Waals surface area contributed by atoms with E-state index in [2.05, 4.69) is 5.32 Å². The molecule has 1 amide bonds. The smallest absolute Gasteiger partial charge is 0.261 e. The van der Waals surface area contributed by atoms with E-state index in [1.54, 1.807) is 24.3 Å². The van der Waals surface area contributed by atoms with Gasteiger partial charge in [-0.15, -0.1) is 11.3 Å². The van der Waals surface area contributed by atoms with Crippen molar-refractivity contribution in [3.05, 3.63) is 51.7 Å². The highest BCUT2D eigenvalue weighted by molar-refractivity contribution is 7.90. The van der Waals surface area contributed by atoms with Crippen LogP contribution in [0.25, 0.3) is 0 Å². The maximum absolute atomic E-state index is 12.3. The Kier molecular flexibility index (Phi) is 4.06. The Morgan fingerprint density at radius 1 is 1.23 bits per heavy atom. The van der Waals surface area contributed by atoms with Gasteiger partial charge in [-0.05, 0) is 53.5 Å². The molecule has 0 spiro atoms. The van der Waals surface area contributed by atoms with Crippen molar-refractivity contribution in [2.75, 3.05) is 6.26 Å². The van der Waals surface area contributed by atoms with E-state index >= 15 is 0 Å². The third kappa shape index (κ3) is 3.39. The molecule has 0 radical (unpaired) electrons. The van der Waals surface area contributed by atoms with Gasteiger partial charge in [0.15, 0.2) is 9.84 Å². The lowest BCUT2D eigenvalue weighted by Gasteiger charge is -2.06. The van der Waals surface area contributed by atoms with Gasteiger partial charge >= 0.3 is 0 Å². The predicted molar refractivity (Wildman–Crippen MR) is 87.0 cm³/mol. The molecule has 0 bridgehead atoms. The molecule has 4 nitrogen and oxygen atoms in total. The summed E-state index contributed by atoms with van der Waals surface area (Å²) in [5.74, 6) is 0.505. The lowest BCUT2D eigenvalue weighted by molar-refractivity contribution is 0.0954. The summed E-state index contributed by atoms with van der Waals surface area (Å²) in [6, 6.07) is 8.63. The van der Waals surface area contributed by atoms with Gasteiger partial charge in [0, 0.05) is 12.8 Å². The molecule has 1 aromatic carbocycles. The fourth-order valence-electron chi connectivity index (χ4n) is 2.34. The van der Waals surface area contributed by atoms with Gasteiger partial charge in [-0.3, -0.25) is 4.79 Å². The van der Waals surface area contributed by atoms with E-state index in [4.69, 9.17) is 0 Å². The van der Waals surface area contributed by atoms with Crippen molar-refractivity contribution < 1.29 is 13.2 Å². The van der Waals surface area contributed by atoms with E-state index in [0.717, 1.165) is 16.0 Å². The molecule has 1 N–H and O–H groups in total. The molecular weight excluding hydrogens is 318 g/mol. The first-order chi connectivity index (χ1) is 10.4. The lowest BCUT2D eigenvalue weighted by atomic mass is 10.1. The van der Waals surface area contributed by atoms with Crippen LogP contribution in [0.4, 0.5) is 0 Å². The fraction of sp³-hybridized carbons (Fsp3) is 0.312.